The first-order chi connectivity index (χ1) is 15.3. The number of benzene rings is 2. The van der Waals surface area contributed by atoms with Crippen LogP contribution in [0.15, 0.2) is 42.5 Å². The Morgan fingerprint density at radius 2 is 1.66 bits per heavy atom. The number of halogens is 2. The Hall–Kier alpha value is -2.04. The molecule has 0 heterocycles. The van der Waals surface area contributed by atoms with Gasteiger partial charge in [0, 0.05) is 34.6 Å². The summed E-state index contributed by atoms with van der Waals surface area (Å²) in [6.45, 7) is 4.02. The minimum absolute atomic E-state index is 0.0899. The van der Waals surface area contributed by atoms with Crippen molar-refractivity contribution in [3.05, 3.63) is 69.2 Å². The van der Waals surface area contributed by atoms with Gasteiger partial charge in [0.15, 0.2) is 0 Å². The van der Waals surface area contributed by atoms with Crippen LogP contribution >= 0.6 is 23.2 Å². The number of nitrogens with zero attached hydrogens (tertiary/aromatic N) is 1. The molecule has 3 rings (SSSR count). The van der Waals surface area contributed by atoms with Crippen molar-refractivity contribution in [1.82, 2.24) is 10.2 Å². The normalized spacial score (nSPS) is 15.2. The van der Waals surface area contributed by atoms with Gasteiger partial charge in [0.1, 0.15) is 6.04 Å². The van der Waals surface area contributed by atoms with Crippen LogP contribution in [0.2, 0.25) is 10.0 Å². The monoisotopic (exact) mass is 474 g/mol. The molecule has 1 N–H and O–H groups in total. The molecule has 1 aliphatic carbocycles. The highest BCUT2D eigenvalue weighted by molar-refractivity contribution is 6.36. The molecule has 2 aromatic carbocycles. The van der Waals surface area contributed by atoms with Gasteiger partial charge in [0.05, 0.1) is 0 Å². The summed E-state index contributed by atoms with van der Waals surface area (Å²) in [6, 6.07) is 13.0. The highest BCUT2D eigenvalue weighted by Gasteiger charge is 2.29. The van der Waals surface area contributed by atoms with Crippen molar-refractivity contribution in [2.24, 2.45) is 0 Å². The van der Waals surface area contributed by atoms with Crippen molar-refractivity contribution in [1.29, 1.82) is 0 Å². The average Bonchev–Trinajstić information content (AvgIpc) is 2.78. The van der Waals surface area contributed by atoms with Crippen molar-refractivity contribution in [3.63, 3.8) is 0 Å². The lowest BCUT2D eigenvalue weighted by atomic mass is 9.95. The lowest BCUT2D eigenvalue weighted by Gasteiger charge is -2.31. The number of hydrogen-bond acceptors (Lipinski definition) is 2. The third-order valence-electron chi connectivity index (χ3n) is 6.26. The smallest absolute Gasteiger partial charge is 0.242 e. The van der Waals surface area contributed by atoms with E-state index in [0.29, 0.717) is 28.5 Å². The Labute approximate surface area is 201 Å². The maximum Gasteiger partial charge on any atom is 0.242 e. The van der Waals surface area contributed by atoms with Crippen molar-refractivity contribution < 1.29 is 9.59 Å². The Bertz CT molecular complexity index is 904. The van der Waals surface area contributed by atoms with Gasteiger partial charge in [-0.15, -0.1) is 0 Å². The fraction of sp³-hybridized carbons (Fsp3) is 0.462. The van der Waals surface area contributed by atoms with Crippen LogP contribution in [0, 0.1) is 6.92 Å². The van der Waals surface area contributed by atoms with Gasteiger partial charge in [0.25, 0.3) is 0 Å². The molecule has 0 spiro atoms. The zero-order valence-corrected chi connectivity index (χ0v) is 20.4. The molecule has 2 amide bonds. The predicted octanol–water partition coefficient (Wildman–Crippen LogP) is 6.10. The number of amides is 2. The van der Waals surface area contributed by atoms with Crippen molar-refractivity contribution in [2.45, 2.75) is 77.4 Å². The van der Waals surface area contributed by atoms with E-state index in [9.17, 15) is 9.59 Å². The number of hydrogen-bond donors (Lipinski definition) is 1. The van der Waals surface area contributed by atoms with E-state index in [4.69, 9.17) is 23.2 Å². The highest BCUT2D eigenvalue weighted by atomic mass is 35.5. The van der Waals surface area contributed by atoms with E-state index in [-0.39, 0.29) is 24.4 Å². The van der Waals surface area contributed by atoms with E-state index < -0.39 is 6.04 Å². The zero-order valence-electron chi connectivity index (χ0n) is 18.9. The Morgan fingerprint density at radius 1 is 1.03 bits per heavy atom. The van der Waals surface area contributed by atoms with Crippen LogP contribution in [-0.2, 0) is 22.6 Å². The molecule has 0 aliphatic heterocycles. The third-order valence-corrected chi connectivity index (χ3v) is 6.97. The molecule has 6 heteroatoms. The molecule has 1 saturated carbocycles. The standard InChI is InChI=1S/C26H32Cl2N2O2/c1-18-11-13-20(14-12-18)15-16-25(31)30(17-22-23(27)9-6-10-24(22)28)19(2)26(32)29-21-7-4-3-5-8-21/h6,9-14,19,21H,3-5,7-8,15-17H2,1-2H3,(H,29,32)/t19-/m0/s1. The summed E-state index contributed by atoms with van der Waals surface area (Å²) < 4.78 is 0. The van der Waals surface area contributed by atoms with Gasteiger partial charge in [-0.05, 0) is 50.8 Å². The molecule has 172 valence electrons. The SMILES string of the molecule is Cc1ccc(CCC(=O)N(Cc2c(Cl)cccc2Cl)[C@@H](C)C(=O)NC2CCCCC2)cc1. The van der Waals surface area contributed by atoms with Gasteiger partial charge in [-0.2, -0.15) is 0 Å². The molecule has 1 fully saturated rings. The molecule has 0 saturated heterocycles. The molecule has 1 aliphatic rings. The molecule has 32 heavy (non-hydrogen) atoms. The van der Waals surface area contributed by atoms with Gasteiger partial charge < -0.3 is 10.2 Å². The minimum atomic E-state index is -0.616. The van der Waals surface area contributed by atoms with Crippen molar-refractivity contribution >= 4 is 35.0 Å². The first-order valence-electron chi connectivity index (χ1n) is 11.4. The summed E-state index contributed by atoms with van der Waals surface area (Å²) in [6.07, 6.45) is 6.40. The molecular formula is C26H32Cl2N2O2. The van der Waals surface area contributed by atoms with Crippen LogP contribution in [0.1, 0.15) is 62.1 Å². The van der Waals surface area contributed by atoms with Gasteiger partial charge in [-0.25, -0.2) is 0 Å². The van der Waals surface area contributed by atoms with Gasteiger partial charge in [-0.1, -0.05) is 78.4 Å². The van der Waals surface area contributed by atoms with Crippen molar-refractivity contribution in [2.75, 3.05) is 0 Å². The fourth-order valence-corrected chi connectivity index (χ4v) is 4.67. The lowest BCUT2D eigenvalue weighted by molar-refractivity contribution is -0.141. The zero-order chi connectivity index (χ0) is 23.1. The van der Waals surface area contributed by atoms with Crippen molar-refractivity contribution in [3.8, 4) is 0 Å². The van der Waals surface area contributed by atoms with E-state index in [1.54, 1.807) is 30.0 Å². The second-order valence-electron chi connectivity index (χ2n) is 8.73. The van der Waals surface area contributed by atoms with E-state index in [0.717, 1.165) is 31.2 Å². The largest absolute Gasteiger partial charge is 0.352 e. The summed E-state index contributed by atoms with van der Waals surface area (Å²) in [5.41, 5.74) is 2.94. The number of aryl methyl sites for hydroxylation is 2. The van der Waals surface area contributed by atoms with E-state index in [2.05, 4.69) is 5.32 Å². The maximum atomic E-state index is 13.3. The van der Waals surface area contributed by atoms with E-state index in [1.165, 1.54) is 12.0 Å². The van der Waals surface area contributed by atoms with Crippen LogP contribution in [0.5, 0.6) is 0 Å². The summed E-state index contributed by atoms with van der Waals surface area (Å²) in [5, 5.41) is 4.14. The molecule has 1 atom stereocenters. The Balaban J connectivity index is 1.75. The summed E-state index contributed by atoms with van der Waals surface area (Å²) in [4.78, 5) is 28.0. The van der Waals surface area contributed by atoms with E-state index >= 15 is 0 Å². The number of carbonyl (C=O) groups excluding carboxylic acids is 2. The quantitative estimate of drug-likeness (QED) is 0.502. The lowest BCUT2D eigenvalue weighted by Crippen LogP contribution is -2.50. The topological polar surface area (TPSA) is 49.4 Å². The number of nitrogens with one attached hydrogen (secondary N) is 1. The highest BCUT2D eigenvalue weighted by Crippen LogP contribution is 2.27. The Morgan fingerprint density at radius 3 is 2.28 bits per heavy atom. The summed E-state index contributed by atoms with van der Waals surface area (Å²) in [5.74, 6) is -0.211. The van der Waals surface area contributed by atoms with Gasteiger partial charge >= 0.3 is 0 Å². The van der Waals surface area contributed by atoms with Crippen LogP contribution in [0.25, 0.3) is 0 Å². The summed E-state index contributed by atoms with van der Waals surface area (Å²) >= 11 is 12.8. The second-order valence-corrected chi connectivity index (χ2v) is 9.54. The van der Waals surface area contributed by atoms with Gasteiger partial charge in [-0.3, -0.25) is 9.59 Å². The predicted molar refractivity (Wildman–Crippen MR) is 131 cm³/mol. The molecule has 0 aromatic heterocycles. The molecule has 0 radical (unpaired) electrons. The van der Waals surface area contributed by atoms with Crippen LogP contribution in [-0.4, -0.2) is 28.8 Å². The number of rotatable bonds is 8. The van der Waals surface area contributed by atoms with Gasteiger partial charge in [0.2, 0.25) is 11.8 Å². The second kappa shape index (κ2) is 11.7. The molecule has 4 nitrogen and oxygen atoms in total. The maximum absolute atomic E-state index is 13.3. The first kappa shape index (κ1) is 24.6. The fourth-order valence-electron chi connectivity index (χ4n) is 4.15. The molecule has 0 bridgehead atoms. The first-order valence-corrected chi connectivity index (χ1v) is 12.2. The third kappa shape index (κ3) is 6.73. The Kier molecular flexibility index (Phi) is 9.01. The minimum Gasteiger partial charge on any atom is -0.352 e. The average molecular weight is 475 g/mol. The molecule has 2 aromatic rings. The molecular weight excluding hydrogens is 443 g/mol. The van der Waals surface area contributed by atoms with Crippen LogP contribution in [0.4, 0.5) is 0 Å². The van der Waals surface area contributed by atoms with E-state index in [1.807, 2.05) is 31.2 Å². The van der Waals surface area contributed by atoms with Crippen LogP contribution in [0.3, 0.4) is 0 Å². The summed E-state index contributed by atoms with van der Waals surface area (Å²) in [7, 11) is 0. The van der Waals surface area contributed by atoms with Crippen LogP contribution < -0.4 is 5.32 Å². The number of carbonyl (C=O) groups is 2. The molecule has 0 unspecified atom stereocenters.